The van der Waals surface area contributed by atoms with E-state index in [1.54, 1.807) is 120 Å². The van der Waals surface area contributed by atoms with E-state index in [0.717, 1.165) is 8.61 Å². The monoisotopic (exact) mass is 1110 g/mol. The fraction of sp³-hybridized carbons (Fsp3) is 0.389. The molecule has 2 aromatic carbocycles. The summed E-state index contributed by atoms with van der Waals surface area (Å²) in [4.78, 5) is 45.4. The Bertz CT molecular complexity index is 3450. The molecule has 2 amide bonds. The molecule has 0 saturated heterocycles. The number of aliphatic hydroxyl groups excluding tert-OH is 1. The van der Waals surface area contributed by atoms with Crippen molar-refractivity contribution in [2.75, 3.05) is 47.9 Å². The predicted octanol–water partition coefficient (Wildman–Crippen LogP) is 8.95. The van der Waals surface area contributed by atoms with Crippen LogP contribution in [0.3, 0.4) is 0 Å². The number of amides is 2. The number of sulfonamides is 2. The summed E-state index contributed by atoms with van der Waals surface area (Å²) in [6.45, 7) is 15.1. The Kier molecular flexibility index (Phi) is 19.7. The van der Waals surface area contributed by atoms with Gasteiger partial charge in [0.15, 0.2) is 0 Å². The number of hydrogen-bond acceptors (Lipinski definition) is 13. The maximum Gasteiger partial charge on any atom is 0.407 e. The molecule has 23 heteroatoms. The van der Waals surface area contributed by atoms with Crippen molar-refractivity contribution >= 4 is 60.3 Å². The van der Waals surface area contributed by atoms with Crippen LogP contribution < -0.4 is 10.6 Å². The molecule has 0 fully saturated rings. The Morgan fingerprint density at radius 3 is 1.47 bits per heavy atom. The highest BCUT2D eigenvalue weighted by atomic mass is 32.2. The van der Waals surface area contributed by atoms with Gasteiger partial charge in [0.2, 0.25) is 20.0 Å². The second-order valence-corrected chi connectivity index (χ2v) is 24.2. The van der Waals surface area contributed by atoms with E-state index in [0.29, 0.717) is 61.4 Å². The molecule has 4 aromatic heterocycles. The Balaban J connectivity index is 0.000000285. The lowest BCUT2D eigenvalue weighted by Crippen LogP contribution is -2.32. The second-order valence-electron chi connectivity index (χ2n) is 19.9. The summed E-state index contributed by atoms with van der Waals surface area (Å²) < 4.78 is 102. The third-order valence-corrected chi connectivity index (χ3v) is 15.0. The number of aromatic nitrogens is 4. The molecule has 6 aromatic rings. The molecule has 0 aliphatic carbocycles. The number of aliphatic hydroxyl groups is 1. The van der Waals surface area contributed by atoms with Crippen LogP contribution in [-0.2, 0) is 54.0 Å². The summed E-state index contributed by atoms with van der Waals surface area (Å²) in [5.41, 5.74) is 4.82. The van der Waals surface area contributed by atoms with Crippen molar-refractivity contribution in [1.82, 2.24) is 38.3 Å². The highest BCUT2D eigenvalue weighted by Gasteiger charge is 2.25. The molecule has 416 valence electrons. The van der Waals surface area contributed by atoms with E-state index in [1.165, 1.54) is 64.6 Å². The first-order valence-electron chi connectivity index (χ1n) is 24.3. The lowest BCUT2D eigenvalue weighted by Gasteiger charge is -2.19. The SMILES string of the molecule is CCOC(=O)c1ccc2c(n1)c(-c1cccc(S(=O)(=O)N(C)C)c1)c(C)n2C/C(F)=C/CNC(=O)OC(C)(C)C.Cc1c(-c2cccc(S(=O)(=O)N(C)C)c2)c2nc(CO)ccc2n1C/C(F)=C/CNC(=O)OC(C)(C)C. The highest BCUT2D eigenvalue weighted by Crippen LogP contribution is 2.37. The van der Waals surface area contributed by atoms with Gasteiger partial charge < -0.3 is 39.1 Å². The van der Waals surface area contributed by atoms with E-state index in [-0.39, 0.29) is 54.9 Å². The number of alkyl carbamates (subject to hydrolysis) is 2. The number of carbonyl (C=O) groups excluding carboxylic acids is 3. The smallest absolute Gasteiger partial charge is 0.407 e. The number of nitrogens with one attached hydrogen (secondary N) is 2. The van der Waals surface area contributed by atoms with Crippen LogP contribution in [0.25, 0.3) is 44.3 Å². The third-order valence-electron chi connectivity index (χ3n) is 11.4. The van der Waals surface area contributed by atoms with Crippen LogP contribution in [-0.4, -0.2) is 127 Å². The number of allylic oxidation sites excluding steroid dienone is 2. The number of esters is 1. The molecule has 6 rings (SSSR count). The van der Waals surface area contributed by atoms with Gasteiger partial charge in [0.1, 0.15) is 28.5 Å². The number of halogens is 2. The number of benzene rings is 2. The molecule has 0 bridgehead atoms. The molecule has 0 aliphatic heterocycles. The largest absolute Gasteiger partial charge is 0.461 e. The van der Waals surface area contributed by atoms with Crippen LogP contribution in [0.1, 0.15) is 76.0 Å². The normalized spacial score (nSPS) is 12.7. The quantitative estimate of drug-likeness (QED) is 0.0572. The first kappa shape index (κ1) is 60.8. The van der Waals surface area contributed by atoms with Gasteiger partial charge in [-0.1, -0.05) is 24.3 Å². The predicted molar refractivity (Wildman–Crippen MR) is 290 cm³/mol. The molecule has 0 saturated carbocycles. The standard InChI is InChI=1S/C28H35FN4O6S.C26H33FN4O5S/c1-8-38-26(34)22-12-13-23-25(31-22)24(19-10-9-11-21(16-19)40(36,37)32(6)7)18(2)33(23)17-20(29)14-15-30-27(35)39-28(3,4)5;1-17-23(18-8-7-9-21(14-18)37(34,35)30(5)6)24-22(11-10-20(16-32)29-24)31(17)15-19(27)12-13-28-25(33)36-26(2,3)4/h9-14,16H,8,15,17H2,1-7H3,(H,30,35);7-12,14,32H,13,15-16H2,1-6H3,(H,28,33)/b20-14-;19-12-. The molecule has 0 unspecified atom stereocenters. The fourth-order valence-corrected chi connectivity index (χ4v) is 9.72. The Morgan fingerprint density at radius 2 is 1.08 bits per heavy atom. The lowest BCUT2D eigenvalue weighted by atomic mass is 10.0. The fourth-order valence-electron chi connectivity index (χ4n) is 7.82. The minimum Gasteiger partial charge on any atom is -0.461 e. The first-order valence-corrected chi connectivity index (χ1v) is 27.2. The van der Waals surface area contributed by atoms with Crippen LogP contribution in [0.5, 0.6) is 0 Å². The Hall–Kier alpha value is -7.05. The molecule has 0 aliphatic rings. The number of rotatable bonds is 17. The number of fused-ring (bicyclic) bond motifs is 2. The van der Waals surface area contributed by atoms with Gasteiger partial charge in [-0.2, -0.15) is 0 Å². The summed E-state index contributed by atoms with van der Waals surface area (Å²) in [7, 11) is -1.59. The first-order chi connectivity index (χ1) is 35.9. The van der Waals surface area contributed by atoms with E-state index in [1.807, 2.05) is 0 Å². The molecular formula is C54H68F2N8O11S2. The van der Waals surface area contributed by atoms with E-state index in [2.05, 4.69) is 20.6 Å². The zero-order valence-electron chi connectivity index (χ0n) is 45.6. The number of ether oxygens (including phenoxy) is 3. The van der Waals surface area contributed by atoms with Crippen molar-refractivity contribution < 1.29 is 59.3 Å². The summed E-state index contributed by atoms with van der Waals surface area (Å²) >= 11 is 0. The van der Waals surface area contributed by atoms with Gasteiger partial charge in [0.25, 0.3) is 0 Å². The molecule has 0 radical (unpaired) electrons. The van der Waals surface area contributed by atoms with E-state index < -0.39 is 61.1 Å². The van der Waals surface area contributed by atoms with Crippen LogP contribution >= 0.6 is 0 Å². The van der Waals surface area contributed by atoms with Gasteiger partial charge in [-0.3, -0.25) is 0 Å². The molecule has 3 N–H and O–H groups in total. The van der Waals surface area contributed by atoms with Crippen molar-refractivity contribution in [1.29, 1.82) is 0 Å². The van der Waals surface area contributed by atoms with Gasteiger partial charge in [-0.15, -0.1) is 0 Å². The van der Waals surface area contributed by atoms with Crippen LogP contribution in [0.15, 0.2) is 106 Å². The summed E-state index contributed by atoms with van der Waals surface area (Å²) in [6.07, 6.45) is 1.19. The van der Waals surface area contributed by atoms with Gasteiger partial charge in [0, 0.05) is 63.8 Å². The summed E-state index contributed by atoms with van der Waals surface area (Å²) in [5.74, 6) is -1.62. The molecule has 19 nitrogen and oxygen atoms in total. The average Bonchev–Trinajstić information content (AvgIpc) is 3.83. The van der Waals surface area contributed by atoms with Crippen LogP contribution in [0.4, 0.5) is 18.4 Å². The summed E-state index contributed by atoms with van der Waals surface area (Å²) in [5, 5.41) is 14.6. The van der Waals surface area contributed by atoms with Crippen molar-refractivity contribution in [2.24, 2.45) is 0 Å². The van der Waals surface area contributed by atoms with Crippen molar-refractivity contribution in [3.63, 3.8) is 0 Å². The summed E-state index contributed by atoms with van der Waals surface area (Å²) in [6, 6.07) is 19.4. The van der Waals surface area contributed by atoms with E-state index in [4.69, 9.17) is 14.2 Å². The second kappa shape index (κ2) is 25.0. The van der Waals surface area contributed by atoms with E-state index >= 15 is 4.39 Å². The number of carbonyl (C=O) groups is 3. The highest BCUT2D eigenvalue weighted by molar-refractivity contribution is 7.89. The average molecular weight is 1110 g/mol. The molecule has 4 heterocycles. The molecular weight excluding hydrogens is 1040 g/mol. The van der Waals surface area contributed by atoms with Crippen molar-refractivity contribution in [3.05, 3.63) is 119 Å². The third kappa shape index (κ3) is 15.3. The number of nitrogens with zero attached hydrogens (tertiary/aromatic N) is 6. The lowest BCUT2D eigenvalue weighted by molar-refractivity contribution is 0.0513. The van der Waals surface area contributed by atoms with Crippen LogP contribution in [0.2, 0.25) is 0 Å². The topological polar surface area (TPSA) is 234 Å². The van der Waals surface area contributed by atoms with E-state index in [9.17, 15) is 40.7 Å². The van der Waals surface area contributed by atoms with Crippen molar-refractivity contribution in [2.45, 2.75) is 103 Å². The van der Waals surface area contributed by atoms with Gasteiger partial charge in [0.05, 0.1) is 63.9 Å². The van der Waals surface area contributed by atoms with Gasteiger partial charge >= 0.3 is 18.2 Å². The number of pyridine rings is 2. The number of hydrogen-bond donors (Lipinski definition) is 3. The van der Waals surface area contributed by atoms with Crippen LogP contribution in [0, 0.1) is 13.8 Å². The molecule has 77 heavy (non-hydrogen) atoms. The maximum atomic E-state index is 15.1. The minimum absolute atomic E-state index is 0.0524. The van der Waals surface area contributed by atoms with Gasteiger partial charge in [-0.25, -0.2) is 58.6 Å². The molecule has 0 spiro atoms. The maximum absolute atomic E-state index is 15.1. The Labute approximate surface area is 448 Å². The van der Waals surface area contributed by atoms with Crippen molar-refractivity contribution in [3.8, 4) is 22.3 Å². The van der Waals surface area contributed by atoms with Gasteiger partial charge in [-0.05, 0) is 134 Å². The minimum atomic E-state index is -3.73. The zero-order valence-corrected chi connectivity index (χ0v) is 47.2. The molecule has 0 atom stereocenters. The Morgan fingerprint density at radius 1 is 0.662 bits per heavy atom. The zero-order chi connectivity index (χ0) is 57.4.